The van der Waals surface area contributed by atoms with Crippen molar-refractivity contribution in [1.82, 2.24) is 0 Å². The maximum Gasteiger partial charge on any atom is 0.248 e. The number of methoxy groups -OCH3 is 1. The Labute approximate surface area is 171 Å². The van der Waals surface area contributed by atoms with Gasteiger partial charge in [0.15, 0.2) is 11.5 Å². The van der Waals surface area contributed by atoms with E-state index in [0.29, 0.717) is 18.1 Å². The highest BCUT2D eigenvalue weighted by Gasteiger charge is 2.11. The number of carbonyl (C=O) groups excluding carboxylic acids is 1. The van der Waals surface area contributed by atoms with Gasteiger partial charge in [-0.3, -0.25) is 4.79 Å². The maximum atomic E-state index is 12.3. The highest BCUT2D eigenvalue weighted by molar-refractivity contribution is 6.02. The first-order chi connectivity index (χ1) is 14.2. The monoisotopic (exact) mass is 394 g/mol. The van der Waals surface area contributed by atoms with Gasteiger partial charge in [-0.1, -0.05) is 24.8 Å². The van der Waals surface area contributed by atoms with Gasteiger partial charge in [0.2, 0.25) is 5.91 Å². The van der Waals surface area contributed by atoms with Crippen molar-refractivity contribution >= 4 is 23.4 Å². The first kappa shape index (κ1) is 20.5. The molecule has 3 rings (SSSR count). The third-order valence-corrected chi connectivity index (χ3v) is 4.46. The molecule has 0 spiro atoms. The first-order valence-corrected chi connectivity index (χ1v) is 9.53. The molecule has 1 aliphatic heterocycles. The summed E-state index contributed by atoms with van der Waals surface area (Å²) in [6, 6.07) is 13.3. The van der Waals surface area contributed by atoms with Crippen molar-refractivity contribution in [2.45, 2.75) is 0 Å². The molecule has 0 aromatic heterocycles. The van der Waals surface area contributed by atoms with Crippen molar-refractivity contribution in [2.24, 2.45) is 0 Å². The fourth-order valence-corrected chi connectivity index (χ4v) is 3.01. The average Bonchev–Trinajstić information content (AvgIpc) is 2.77. The number of ether oxygens (including phenoxy) is 3. The Morgan fingerprint density at radius 1 is 1.21 bits per heavy atom. The predicted molar refractivity (Wildman–Crippen MR) is 116 cm³/mol. The van der Waals surface area contributed by atoms with Crippen LogP contribution in [0.3, 0.4) is 0 Å². The third-order valence-electron chi connectivity index (χ3n) is 4.46. The number of hydrogen-bond acceptors (Lipinski definition) is 5. The zero-order valence-electron chi connectivity index (χ0n) is 16.6. The van der Waals surface area contributed by atoms with Crippen molar-refractivity contribution in [2.75, 3.05) is 50.2 Å². The zero-order valence-corrected chi connectivity index (χ0v) is 16.6. The molecule has 29 heavy (non-hydrogen) atoms. The van der Waals surface area contributed by atoms with Gasteiger partial charge in [-0.25, -0.2) is 0 Å². The summed E-state index contributed by atoms with van der Waals surface area (Å²) in [5, 5.41) is 2.91. The van der Waals surface area contributed by atoms with Crippen LogP contribution in [0, 0.1) is 0 Å². The fraction of sp³-hybridized carbons (Fsp3) is 0.261. The SMILES string of the molecule is C=CCOc1ccc(C=CC(=O)Nc2cccc(N3CCOCC3)c2)cc1OC. The number of hydrogen-bond donors (Lipinski definition) is 1. The van der Waals surface area contributed by atoms with Gasteiger partial charge in [0, 0.05) is 30.5 Å². The molecule has 1 heterocycles. The number of carbonyl (C=O) groups is 1. The van der Waals surface area contributed by atoms with Crippen LogP contribution in [0.15, 0.2) is 61.2 Å². The quantitative estimate of drug-likeness (QED) is 0.546. The molecule has 1 fully saturated rings. The number of rotatable bonds is 8. The maximum absolute atomic E-state index is 12.3. The summed E-state index contributed by atoms with van der Waals surface area (Å²) in [7, 11) is 1.58. The molecule has 0 unspecified atom stereocenters. The molecule has 0 bridgehead atoms. The van der Waals surface area contributed by atoms with Crippen LogP contribution in [-0.2, 0) is 9.53 Å². The van der Waals surface area contributed by atoms with Crippen LogP contribution in [0.25, 0.3) is 6.08 Å². The highest BCUT2D eigenvalue weighted by atomic mass is 16.5. The Bertz CT molecular complexity index is 873. The molecule has 152 valence electrons. The van der Waals surface area contributed by atoms with E-state index in [4.69, 9.17) is 14.2 Å². The van der Waals surface area contributed by atoms with Crippen LogP contribution in [0.1, 0.15) is 5.56 Å². The lowest BCUT2D eigenvalue weighted by Gasteiger charge is -2.29. The third kappa shape index (κ3) is 5.86. The summed E-state index contributed by atoms with van der Waals surface area (Å²) >= 11 is 0. The minimum atomic E-state index is -0.199. The molecule has 0 aliphatic carbocycles. The van der Waals surface area contributed by atoms with E-state index < -0.39 is 0 Å². The largest absolute Gasteiger partial charge is 0.493 e. The first-order valence-electron chi connectivity index (χ1n) is 9.53. The number of nitrogens with zero attached hydrogens (tertiary/aromatic N) is 1. The summed E-state index contributed by atoms with van der Waals surface area (Å²) in [5.41, 5.74) is 2.68. The number of amides is 1. The molecule has 6 nitrogen and oxygen atoms in total. The summed E-state index contributed by atoms with van der Waals surface area (Å²) in [6.07, 6.45) is 4.91. The average molecular weight is 394 g/mol. The Kier molecular flexibility index (Phi) is 7.30. The van der Waals surface area contributed by atoms with E-state index in [-0.39, 0.29) is 5.91 Å². The van der Waals surface area contributed by atoms with Crippen LogP contribution < -0.4 is 19.7 Å². The molecule has 1 amide bonds. The van der Waals surface area contributed by atoms with E-state index in [0.717, 1.165) is 43.2 Å². The lowest BCUT2D eigenvalue weighted by atomic mass is 10.2. The Balaban J connectivity index is 1.63. The molecular weight excluding hydrogens is 368 g/mol. The van der Waals surface area contributed by atoms with E-state index in [1.165, 1.54) is 6.08 Å². The summed E-state index contributed by atoms with van der Waals surface area (Å²) in [6.45, 7) is 7.18. The number of morpholine rings is 1. The van der Waals surface area contributed by atoms with E-state index in [2.05, 4.69) is 16.8 Å². The van der Waals surface area contributed by atoms with E-state index in [1.54, 1.807) is 19.3 Å². The lowest BCUT2D eigenvalue weighted by Crippen LogP contribution is -2.36. The molecule has 1 N–H and O–H groups in total. The van der Waals surface area contributed by atoms with Crippen molar-refractivity contribution in [3.63, 3.8) is 0 Å². The second-order valence-corrected chi connectivity index (χ2v) is 6.48. The minimum absolute atomic E-state index is 0.199. The molecule has 6 heteroatoms. The normalized spacial score (nSPS) is 13.9. The zero-order chi connectivity index (χ0) is 20.5. The predicted octanol–water partition coefficient (Wildman–Crippen LogP) is 3.75. The van der Waals surface area contributed by atoms with Gasteiger partial charge < -0.3 is 24.4 Å². The van der Waals surface area contributed by atoms with Crippen molar-refractivity contribution in [3.05, 3.63) is 66.8 Å². The number of anilines is 2. The Morgan fingerprint density at radius 2 is 2.03 bits per heavy atom. The van der Waals surface area contributed by atoms with E-state index >= 15 is 0 Å². The van der Waals surface area contributed by atoms with Gasteiger partial charge in [0.05, 0.1) is 20.3 Å². The van der Waals surface area contributed by atoms with Gasteiger partial charge in [-0.2, -0.15) is 0 Å². The molecule has 2 aromatic rings. The molecule has 0 saturated carbocycles. The number of benzene rings is 2. The van der Waals surface area contributed by atoms with E-state index in [1.807, 2.05) is 42.5 Å². The molecular formula is C23H26N2O4. The molecule has 0 atom stereocenters. The van der Waals surface area contributed by atoms with Crippen molar-refractivity contribution in [3.8, 4) is 11.5 Å². The standard InChI is InChI=1S/C23H26N2O4/c1-3-13-29-21-9-7-18(16-22(21)27-2)8-10-23(26)24-19-5-4-6-20(17-19)25-11-14-28-15-12-25/h3-10,16-17H,1,11-15H2,2H3,(H,24,26). The highest BCUT2D eigenvalue weighted by Crippen LogP contribution is 2.28. The van der Waals surface area contributed by atoms with Gasteiger partial charge in [0.25, 0.3) is 0 Å². The summed E-state index contributed by atoms with van der Waals surface area (Å²) in [4.78, 5) is 14.6. The fourth-order valence-electron chi connectivity index (χ4n) is 3.01. The van der Waals surface area contributed by atoms with Gasteiger partial charge >= 0.3 is 0 Å². The topological polar surface area (TPSA) is 60.0 Å². The van der Waals surface area contributed by atoms with Gasteiger partial charge in [-0.15, -0.1) is 0 Å². The Morgan fingerprint density at radius 3 is 2.79 bits per heavy atom. The smallest absolute Gasteiger partial charge is 0.248 e. The molecule has 1 aliphatic rings. The molecule has 0 radical (unpaired) electrons. The summed E-state index contributed by atoms with van der Waals surface area (Å²) in [5.74, 6) is 1.04. The van der Waals surface area contributed by atoms with Gasteiger partial charge in [0.1, 0.15) is 6.61 Å². The van der Waals surface area contributed by atoms with Crippen LogP contribution in [0.5, 0.6) is 11.5 Å². The van der Waals surface area contributed by atoms with E-state index in [9.17, 15) is 4.79 Å². The second-order valence-electron chi connectivity index (χ2n) is 6.48. The summed E-state index contributed by atoms with van der Waals surface area (Å²) < 4.78 is 16.3. The lowest BCUT2D eigenvalue weighted by molar-refractivity contribution is -0.111. The van der Waals surface area contributed by atoms with Crippen molar-refractivity contribution in [1.29, 1.82) is 0 Å². The Hall–Kier alpha value is -3.25. The van der Waals surface area contributed by atoms with Gasteiger partial charge in [-0.05, 0) is 42.0 Å². The van der Waals surface area contributed by atoms with Crippen LogP contribution in [0.4, 0.5) is 11.4 Å². The second kappa shape index (κ2) is 10.3. The van der Waals surface area contributed by atoms with Crippen molar-refractivity contribution < 1.29 is 19.0 Å². The van der Waals surface area contributed by atoms with Crippen LogP contribution in [-0.4, -0.2) is 45.9 Å². The van der Waals surface area contributed by atoms with Crippen LogP contribution in [0.2, 0.25) is 0 Å². The molecule has 1 saturated heterocycles. The molecule has 2 aromatic carbocycles. The van der Waals surface area contributed by atoms with Crippen LogP contribution >= 0.6 is 0 Å². The minimum Gasteiger partial charge on any atom is -0.493 e. The number of nitrogens with one attached hydrogen (secondary N) is 1.